The predicted octanol–water partition coefficient (Wildman–Crippen LogP) is 3.02. The molecule has 0 aliphatic carbocycles. The Hall–Kier alpha value is -2.27. The van der Waals surface area contributed by atoms with Gasteiger partial charge in [-0.1, -0.05) is 35.9 Å². The Kier molecular flexibility index (Phi) is 6.88. The van der Waals surface area contributed by atoms with Gasteiger partial charge in [-0.15, -0.1) is 11.8 Å². The third-order valence-electron chi connectivity index (χ3n) is 3.45. The van der Waals surface area contributed by atoms with Gasteiger partial charge in [-0.25, -0.2) is 0 Å². The third kappa shape index (κ3) is 5.74. The van der Waals surface area contributed by atoms with Gasteiger partial charge in [0.15, 0.2) is 0 Å². The predicted molar refractivity (Wildman–Crippen MR) is 98.3 cm³/mol. The summed E-state index contributed by atoms with van der Waals surface area (Å²) in [4.78, 5) is 25.0. The first-order valence-electron chi connectivity index (χ1n) is 7.90. The van der Waals surface area contributed by atoms with Gasteiger partial charge in [0.05, 0.1) is 5.25 Å². The van der Waals surface area contributed by atoms with E-state index >= 15 is 0 Å². The molecule has 126 valence electrons. The van der Waals surface area contributed by atoms with Crippen molar-refractivity contribution in [3.05, 3.63) is 65.7 Å². The lowest BCUT2D eigenvalue weighted by atomic mass is 10.2. The van der Waals surface area contributed by atoms with Gasteiger partial charge in [0.2, 0.25) is 5.91 Å². The van der Waals surface area contributed by atoms with Gasteiger partial charge >= 0.3 is 0 Å². The zero-order valence-electron chi connectivity index (χ0n) is 13.9. The summed E-state index contributed by atoms with van der Waals surface area (Å²) in [6, 6.07) is 17.1. The molecule has 0 aliphatic heterocycles. The maximum absolute atomic E-state index is 12.1. The average molecular weight is 342 g/mol. The lowest BCUT2D eigenvalue weighted by Crippen LogP contribution is -2.37. The van der Waals surface area contributed by atoms with Crippen molar-refractivity contribution in [2.24, 2.45) is 0 Å². The Morgan fingerprint density at radius 2 is 1.58 bits per heavy atom. The number of thioether (sulfide) groups is 1. The van der Waals surface area contributed by atoms with Crippen LogP contribution in [-0.2, 0) is 4.79 Å². The molecule has 2 aromatic rings. The first kappa shape index (κ1) is 18.1. The largest absolute Gasteiger partial charge is 0.353 e. The molecule has 0 aromatic heterocycles. The fourth-order valence-corrected chi connectivity index (χ4v) is 2.96. The normalized spacial score (nSPS) is 11.6. The quantitative estimate of drug-likeness (QED) is 0.601. The number of hydrogen-bond donors (Lipinski definition) is 2. The molecule has 2 rings (SSSR count). The highest BCUT2D eigenvalue weighted by molar-refractivity contribution is 8.00. The Balaban J connectivity index is 1.69. The third-order valence-corrected chi connectivity index (χ3v) is 4.56. The molecule has 0 aliphatic rings. The van der Waals surface area contributed by atoms with Gasteiger partial charge in [0.1, 0.15) is 0 Å². The molecule has 2 amide bonds. The highest BCUT2D eigenvalue weighted by Crippen LogP contribution is 2.23. The van der Waals surface area contributed by atoms with E-state index < -0.39 is 0 Å². The summed E-state index contributed by atoms with van der Waals surface area (Å²) in [5.41, 5.74) is 1.82. The van der Waals surface area contributed by atoms with Crippen LogP contribution >= 0.6 is 11.8 Å². The Morgan fingerprint density at radius 1 is 0.958 bits per heavy atom. The first-order chi connectivity index (χ1) is 11.6. The fourth-order valence-electron chi connectivity index (χ4n) is 2.07. The number of nitrogens with one attached hydrogen (secondary N) is 2. The van der Waals surface area contributed by atoms with Crippen molar-refractivity contribution in [2.75, 3.05) is 13.1 Å². The van der Waals surface area contributed by atoms with Crippen LogP contribution in [0.2, 0.25) is 0 Å². The number of hydrogen-bond acceptors (Lipinski definition) is 3. The molecule has 0 fully saturated rings. The van der Waals surface area contributed by atoms with Gasteiger partial charge in [0, 0.05) is 23.5 Å². The zero-order chi connectivity index (χ0) is 17.4. The fraction of sp³-hybridized carbons (Fsp3) is 0.263. The number of carbonyl (C=O) groups is 2. The molecule has 0 unspecified atom stereocenters. The van der Waals surface area contributed by atoms with Crippen LogP contribution in [0.3, 0.4) is 0 Å². The number of aryl methyl sites for hydroxylation is 1. The van der Waals surface area contributed by atoms with Crippen LogP contribution < -0.4 is 10.6 Å². The van der Waals surface area contributed by atoms with Crippen LogP contribution in [-0.4, -0.2) is 30.2 Å². The standard InChI is InChI=1S/C19H22N2O2S/c1-14-8-10-17(11-9-14)24-15(2)18(22)20-12-13-21-19(23)16-6-4-3-5-7-16/h3-11,15H,12-13H2,1-2H3,(H,20,22)(H,21,23)/t15-/m0/s1. The van der Waals surface area contributed by atoms with Gasteiger partial charge in [-0.2, -0.15) is 0 Å². The van der Waals surface area contributed by atoms with E-state index in [9.17, 15) is 9.59 Å². The van der Waals surface area contributed by atoms with Gasteiger partial charge in [-0.05, 0) is 38.1 Å². The zero-order valence-corrected chi connectivity index (χ0v) is 14.7. The van der Waals surface area contributed by atoms with Crippen LogP contribution in [0.4, 0.5) is 0 Å². The van der Waals surface area contributed by atoms with Crippen molar-refractivity contribution in [1.29, 1.82) is 0 Å². The Bertz CT molecular complexity index is 672. The minimum Gasteiger partial charge on any atom is -0.353 e. The van der Waals surface area contributed by atoms with Gasteiger partial charge < -0.3 is 10.6 Å². The molecular formula is C19H22N2O2S. The monoisotopic (exact) mass is 342 g/mol. The second kappa shape index (κ2) is 9.13. The van der Waals surface area contributed by atoms with E-state index in [0.29, 0.717) is 18.7 Å². The smallest absolute Gasteiger partial charge is 0.251 e. The van der Waals surface area contributed by atoms with E-state index in [1.165, 1.54) is 17.3 Å². The van der Waals surface area contributed by atoms with Crippen molar-refractivity contribution in [3.63, 3.8) is 0 Å². The molecule has 0 saturated carbocycles. The number of benzene rings is 2. The molecule has 4 nitrogen and oxygen atoms in total. The van der Waals surface area contributed by atoms with E-state index in [-0.39, 0.29) is 17.1 Å². The second-order valence-electron chi connectivity index (χ2n) is 5.49. The summed E-state index contributed by atoms with van der Waals surface area (Å²) in [5, 5.41) is 5.45. The van der Waals surface area contributed by atoms with Crippen LogP contribution in [0.5, 0.6) is 0 Å². The summed E-state index contributed by atoms with van der Waals surface area (Å²) in [6.07, 6.45) is 0. The summed E-state index contributed by atoms with van der Waals surface area (Å²) in [7, 11) is 0. The average Bonchev–Trinajstić information content (AvgIpc) is 2.61. The van der Waals surface area contributed by atoms with Crippen LogP contribution in [0.25, 0.3) is 0 Å². The molecule has 0 spiro atoms. The second-order valence-corrected chi connectivity index (χ2v) is 6.90. The van der Waals surface area contributed by atoms with Crippen molar-refractivity contribution in [2.45, 2.75) is 24.0 Å². The highest BCUT2D eigenvalue weighted by Gasteiger charge is 2.13. The first-order valence-corrected chi connectivity index (χ1v) is 8.78. The summed E-state index contributed by atoms with van der Waals surface area (Å²) in [5.74, 6) is -0.165. The molecule has 2 N–H and O–H groups in total. The van der Waals surface area contributed by atoms with Crippen molar-refractivity contribution < 1.29 is 9.59 Å². The summed E-state index contributed by atoms with van der Waals surface area (Å²) < 4.78 is 0. The van der Waals surface area contributed by atoms with Gasteiger partial charge in [-0.3, -0.25) is 9.59 Å². The van der Waals surface area contributed by atoms with E-state index in [1.807, 2.05) is 56.3 Å². The molecule has 5 heteroatoms. The Labute approximate surface area is 147 Å². The molecule has 2 aromatic carbocycles. The van der Waals surface area contributed by atoms with E-state index in [4.69, 9.17) is 0 Å². The molecular weight excluding hydrogens is 320 g/mol. The number of rotatable bonds is 7. The minimum absolute atomic E-state index is 0.0328. The molecule has 1 atom stereocenters. The topological polar surface area (TPSA) is 58.2 Å². The van der Waals surface area contributed by atoms with Gasteiger partial charge in [0.25, 0.3) is 5.91 Å². The summed E-state index contributed by atoms with van der Waals surface area (Å²) in [6.45, 7) is 4.73. The van der Waals surface area contributed by atoms with Crippen molar-refractivity contribution in [3.8, 4) is 0 Å². The minimum atomic E-state index is -0.183. The van der Waals surface area contributed by atoms with E-state index in [0.717, 1.165) is 4.90 Å². The van der Waals surface area contributed by atoms with Crippen molar-refractivity contribution in [1.82, 2.24) is 10.6 Å². The highest BCUT2D eigenvalue weighted by atomic mass is 32.2. The molecule has 0 bridgehead atoms. The summed E-state index contributed by atoms with van der Waals surface area (Å²) >= 11 is 1.52. The lowest BCUT2D eigenvalue weighted by molar-refractivity contribution is -0.120. The molecule has 0 saturated heterocycles. The maximum Gasteiger partial charge on any atom is 0.251 e. The number of amides is 2. The molecule has 0 radical (unpaired) electrons. The molecule has 0 heterocycles. The maximum atomic E-state index is 12.1. The Morgan fingerprint density at radius 3 is 2.25 bits per heavy atom. The lowest BCUT2D eigenvalue weighted by Gasteiger charge is -2.12. The van der Waals surface area contributed by atoms with E-state index in [1.54, 1.807) is 12.1 Å². The number of carbonyl (C=O) groups excluding carboxylic acids is 2. The van der Waals surface area contributed by atoms with E-state index in [2.05, 4.69) is 10.6 Å². The van der Waals surface area contributed by atoms with Crippen molar-refractivity contribution >= 4 is 23.6 Å². The van der Waals surface area contributed by atoms with Crippen LogP contribution in [0.15, 0.2) is 59.5 Å². The van der Waals surface area contributed by atoms with Crippen LogP contribution in [0.1, 0.15) is 22.8 Å². The SMILES string of the molecule is Cc1ccc(S[C@@H](C)C(=O)NCCNC(=O)c2ccccc2)cc1. The van der Waals surface area contributed by atoms with Crippen LogP contribution in [0, 0.1) is 6.92 Å². The molecule has 24 heavy (non-hydrogen) atoms.